The molecule has 1 aliphatic carbocycles. The van der Waals surface area contributed by atoms with Crippen molar-refractivity contribution >= 4 is 40.1 Å². The fourth-order valence-electron chi connectivity index (χ4n) is 3.55. The summed E-state index contributed by atoms with van der Waals surface area (Å²) in [5.41, 5.74) is 2.81. The normalized spacial score (nSPS) is 13.4. The van der Waals surface area contributed by atoms with Crippen molar-refractivity contribution in [3.05, 3.63) is 73.1 Å². The van der Waals surface area contributed by atoms with Crippen LogP contribution in [0.3, 0.4) is 0 Å². The van der Waals surface area contributed by atoms with E-state index < -0.39 is 5.97 Å². The zero-order valence-electron chi connectivity index (χ0n) is 14.6. The molecule has 0 radical (unpaired) electrons. The number of halogens is 2. The minimum Gasteiger partial charge on any atom is -0.422 e. The lowest BCUT2D eigenvalue weighted by atomic mass is 9.90. The summed E-state index contributed by atoms with van der Waals surface area (Å²) in [6.07, 6.45) is 3.66. The minimum absolute atomic E-state index is 0.214. The first kappa shape index (κ1) is 18.1. The molecule has 3 aromatic rings. The standard InChI is InChI=1S/C21H16Cl2O4/c1-11-18(26-21(25)16-7-6-12(22)10-17(16)23)9-8-14-13-4-2-3-5-15(13)20(24)27-19(11)14/h6-10H,2-5H2,1H3. The number of ether oxygens (including phenoxy) is 1. The van der Waals surface area contributed by atoms with Gasteiger partial charge in [-0.25, -0.2) is 9.59 Å². The van der Waals surface area contributed by atoms with Gasteiger partial charge in [0.25, 0.3) is 0 Å². The first-order valence-electron chi connectivity index (χ1n) is 8.71. The van der Waals surface area contributed by atoms with Crippen LogP contribution in [0.1, 0.15) is 39.9 Å². The third-order valence-corrected chi connectivity index (χ3v) is 5.49. The molecule has 0 saturated carbocycles. The molecule has 138 valence electrons. The maximum absolute atomic E-state index is 12.5. The molecule has 0 amide bonds. The number of carbonyl (C=O) groups excluding carboxylic acids is 1. The Bertz CT molecular complexity index is 1130. The molecule has 0 aliphatic heterocycles. The maximum atomic E-state index is 12.5. The average Bonchev–Trinajstić information content (AvgIpc) is 2.64. The van der Waals surface area contributed by atoms with Crippen molar-refractivity contribution in [1.82, 2.24) is 0 Å². The molecule has 0 saturated heterocycles. The molecule has 4 nitrogen and oxygen atoms in total. The van der Waals surface area contributed by atoms with E-state index in [1.165, 1.54) is 12.1 Å². The molecular weight excluding hydrogens is 387 g/mol. The lowest BCUT2D eigenvalue weighted by molar-refractivity contribution is 0.0734. The summed E-state index contributed by atoms with van der Waals surface area (Å²) in [6, 6.07) is 8.15. The summed E-state index contributed by atoms with van der Waals surface area (Å²) in [5, 5.41) is 1.56. The van der Waals surface area contributed by atoms with Crippen LogP contribution in [0.2, 0.25) is 10.0 Å². The van der Waals surface area contributed by atoms with Crippen LogP contribution in [0.15, 0.2) is 39.5 Å². The van der Waals surface area contributed by atoms with Crippen LogP contribution in [-0.4, -0.2) is 5.97 Å². The third-order valence-electron chi connectivity index (χ3n) is 4.94. The molecule has 1 aromatic heterocycles. The van der Waals surface area contributed by atoms with Crippen molar-refractivity contribution in [2.24, 2.45) is 0 Å². The highest BCUT2D eigenvalue weighted by Gasteiger charge is 2.21. The van der Waals surface area contributed by atoms with Crippen LogP contribution >= 0.6 is 23.2 Å². The highest BCUT2D eigenvalue weighted by Crippen LogP contribution is 2.33. The van der Waals surface area contributed by atoms with Crippen molar-refractivity contribution in [2.45, 2.75) is 32.6 Å². The SMILES string of the molecule is Cc1c(OC(=O)c2ccc(Cl)cc2Cl)ccc2c3c(c(=O)oc12)CCCC3. The predicted octanol–water partition coefficient (Wildman–Crippen LogP) is 5.51. The summed E-state index contributed by atoms with van der Waals surface area (Å²) in [7, 11) is 0. The molecule has 0 unspecified atom stereocenters. The third kappa shape index (κ3) is 3.24. The van der Waals surface area contributed by atoms with Gasteiger partial charge in [-0.15, -0.1) is 0 Å². The molecule has 0 atom stereocenters. The average molecular weight is 403 g/mol. The summed E-state index contributed by atoms with van der Waals surface area (Å²) in [6.45, 7) is 1.77. The van der Waals surface area contributed by atoms with Crippen molar-refractivity contribution in [2.75, 3.05) is 0 Å². The Morgan fingerprint density at radius 3 is 2.56 bits per heavy atom. The summed E-state index contributed by atoms with van der Waals surface area (Å²) in [4.78, 5) is 24.8. The van der Waals surface area contributed by atoms with Crippen LogP contribution in [0.4, 0.5) is 0 Å². The Kier molecular flexibility index (Phi) is 4.70. The number of hydrogen-bond donors (Lipinski definition) is 0. The number of benzene rings is 2. The van der Waals surface area contributed by atoms with Gasteiger partial charge >= 0.3 is 11.6 Å². The van der Waals surface area contributed by atoms with E-state index in [4.69, 9.17) is 32.4 Å². The first-order valence-corrected chi connectivity index (χ1v) is 9.46. The lowest BCUT2D eigenvalue weighted by Crippen LogP contribution is -2.16. The van der Waals surface area contributed by atoms with Crippen LogP contribution in [0.25, 0.3) is 11.0 Å². The van der Waals surface area contributed by atoms with Crippen LogP contribution < -0.4 is 10.4 Å². The molecule has 0 bridgehead atoms. The monoisotopic (exact) mass is 402 g/mol. The van der Waals surface area contributed by atoms with Crippen LogP contribution in [0.5, 0.6) is 5.75 Å². The molecule has 27 heavy (non-hydrogen) atoms. The number of aryl methyl sites for hydroxylation is 2. The molecule has 6 heteroatoms. The van der Waals surface area contributed by atoms with Crippen molar-refractivity contribution in [3.8, 4) is 5.75 Å². The van der Waals surface area contributed by atoms with Gasteiger partial charge in [-0.05, 0) is 68.5 Å². The molecule has 0 spiro atoms. The molecular formula is C21H16Cl2O4. The van der Waals surface area contributed by atoms with E-state index in [9.17, 15) is 9.59 Å². The second-order valence-electron chi connectivity index (χ2n) is 6.63. The second kappa shape index (κ2) is 7.02. The highest BCUT2D eigenvalue weighted by atomic mass is 35.5. The predicted molar refractivity (Wildman–Crippen MR) is 105 cm³/mol. The van der Waals surface area contributed by atoms with E-state index in [0.29, 0.717) is 21.9 Å². The van der Waals surface area contributed by atoms with E-state index in [1.807, 2.05) is 6.07 Å². The molecule has 1 heterocycles. The van der Waals surface area contributed by atoms with E-state index in [2.05, 4.69) is 0 Å². The summed E-state index contributed by atoms with van der Waals surface area (Å²) in [5.74, 6) is -0.267. The van der Waals surface area contributed by atoms with Gasteiger partial charge in [0.1, 0.15) is 11.3 Å². The number of rotatable bonds is 2. The van der Waals surface area contributed by atoms with Crippen LogP contribution in [-0.2, 0) is 12.8 Å². The Morgan fingerprint density at radius 2 is 1.81 bits per heavy atom. The minimum atomic E-state index is -0.598. The Balaban J connectivity index is 1.76. The van der Waals surface area contributed by atoms with E-state index >= 15 is 0 Å². The van der Waals surface area contributed by atoms with E-state index in [0.717, 1.165) is 42.2 Å². The molecule has 4 rings (SSSR count). The van der Waals surface area contributed by atoms with E-state index in [1.54, 1.807) is 19.1 Å². The molecule has 2 aromatic carbocycles. The van der Waals surface area contributed by atoms with Crippen molar-refractivity contribution < 1.29 is 13.9 Å². The van der Waals surface area contributed by atoms with Gasteiger partial charge in [0, 0.05) is 21.5 Å². The lowest BCUT2D eigenvalue weighted by Gasteiger charge is -2.17. The molecule has 1 aliphatic rings. The first-order chi connectivity index (χ1) is 13.0. The van der Waals surface area contributed by atoms with Gasteiger partial charge in [0.2, 0.25) is 0 Å². The zero-order chi connectivity index (χ0) is 19.1. The fourth-order valence-corrected chi connectivity index (χ4v) is 4.03. The van der Waals surface area contributed by atoms with Gasteiger partial charge in [-0.1, -0.05) is 23.2 Å². The second-order valence-corrected chi connectivity index (χ2v) is 7.48. The van der Waals surface area contributed by atoms with Gasteiger partial charge in [0.05, 0.1) is 10.6 Å². The van der Waals surface area contributed by atoms with E-state index in [-0.39, 0.29) is 16.2 Å². The van der Waals surface area contributed by atoms with Gasteiger partial charge in [-0.3, -0.25) is 0 Å². The van der Waals surface area contributed by atoms with Gasteiger partial charge in [-0.2, -0.15) is 0 Å². The highest BCUT2D eigenvalue weighted by molar-refractivity contribution is 6.36. The van der Waals surface area contributed by atoms with Gasteiger partial charge < -0.3 is 9.15 Å². The summed E-state index contributed by atoms with van der Waals surface area (Å²) >= 11 is 11.9. The van der Waals surface area contributed by atoms with Crippen molar-refractivity contribution in [1.29, 1.82) is 0 Å². The Hall–Kier alpha value is -2.30. The quantitative estimate of drug-likeness (QED) is 0.322. The Labute approximate surface area is 165 Å². The summed E-state index contributed by atoms with van der Waals surface area (Å²) < 4.78 is 11.1. The fraction of sp³-hybridized carbons (Fsp3) is 0.238. The zero-order valence-corrected chi connectivity index (χ0v) is 16.1. The number of carbonyl (C=O) groups is 1. The smallest absolute Gasteiger partial charge is 0.345 e. The van der Waals surface area contributed by atoms with Crippen LogP contribution in [0, 0.1) is 6.92 Å². The number of hydrogen-bond acceptors (Lipinski definition) is 4. The van der Waals surface area contributed by atoms with Crippen molar-refractivity contribution in [3.63, 3.8) is 0 Å². The van der Waals surface area contributed by atoms with Gasteiger partial charge in [0.15, 0.2) is 0 Å². The number of fused-ring (bicyclic) bond motifs is 3. The Morgan fingerprint density at radius 1 is 1.07 bits per heavy atom. The molecule has 0 N–H and O–H groups in total. The topological polar surface area (TPSA) is 56.5 Å². The molecule has 0 fully saturated rings. The number of esters is 1. The maximum Gasteiger partial charge on any atom is 0.345 e. The largest absolute Gasteiger partial charge is 0.422 e.